The van der Waals surface area contributed by atoms with E-state index in [1.54, 1.807) is 0 Å². The maximum atomic E-state index is 13.1. The Labute approximate surface area is 128 Å². The smallest absolute Gasteiger partial charge is 0.183 e. The number of hydrogen-bond donors (Lipinski definition) is 0. The maximum absolute atomic E-state index is 13.1. The fraction of sp³-hybridized carbons (Fsp3) is 0.588. The number of benzene rings is 1. The number of rotatable bonds is 7. The monoisotopic (exact) mass is 295 g/mol. The van der Waals surface area contributed by atoms with E-state index >= 15 is 0 Å². The van der Waals surface area contributed by atoms with Crippen molar-refractivity contribution in [1.29, 1.82) is 0 Å². The molecule has 1 rings (SSSR count). The topological polar surface area (TPSA) is 20.3 Å². The van der Waals surface area contributed by atoms with E-state index in [1.165, 1.54) is 0 Å². The number of halogens is 1. The number of hydrogen-bond acceptors (Lipinski definition) is 2. The molecule has 2 nitrogen and oxygen atoms in total. The van der Waals surface area contributed by atoms with Crippen LogP contribution in [0.5, 0.6) is 0 Å². The molecule has 112 valence electrons. The number of carbonyl (C=O) groups is 1. The molecule has 0 aliphatic heterocycles. The molecular formula is C17H26ClNO. The normalized spacial score (nSPS) is 11.9. The molecule has 0 fully saturated rings. The average Bonchev–Trinajstić information content (AvgIpc) is 2.47. The highest BCUT2D eigenvalue weighted by molar-refractivity contribution is 6.31. The predicted molar refractivity (Wildman–Crippen MR) is 86.8 cm³/mol. The largest absolute Gasteiger partial charge is 0.292 e. The molecule has 0 saturated heterocycles. The van der Waals surface area contributed by atoms with Crippen LogP contribution in [-0.2, 0) is 0 Å². The molecule has 20 heavy (non-hydrogen) atoms. The summed E-state index contributed by atoms with van der Waals surface area (Å²) in [4.78, 5) is 15.3. The Kier molecular flexibility index (Phi) is 6.22. The Morgan fingerprint density at radius 2 is 1.70 bits per heavy atom. The first-order valence-electron chi connectivity index (χ1n) is 7.52. The quantitative estimate of drug-likeness (QED) is 0.678. The van der Waals surface area contributed by atoms with Crippen molar-refractivity contribution in [3.8, 4) is 0 Å². The summed E-state index contributed by atoms with van der Waals surface area (Å²) in [6, 6.07) is 5.63. The molecule has 0 amide bonds. The first-order valence-corrected chi connectivity index (χ1v) is 7.90. The van der Waals surface area contributed by atoms with Crippen molar-refractivity contribution < 1.29 is 4.79 Å². The zero-order valence-electron chi connectivity index (χ0n) is 13.3. The Morgan fingerprint density at radius 1 is 1.15 bits per heavy atom. The van der Waals surface area contributed by atoms with Crippen molar-refractivity contribution in [3.63, 3.8) is 0 Å². The van der Waals surface area contributed by atoms with Crippen molar-refractivity contribution >= 4 is 17.4 Å². The molecule has 0 radical (unpaired) electrons. The predicted octanol–water partition coefficient (Wildman–Crippen LogP) is 4.73. The Morgan fingerprint density at radius 3 is 2.10 bits per heavy atom. The molecule has 1 aromatic carbocycles. The molecule has 1 aromatic rings. The van der Waals surface area contributed by atoms with Gasteiger partial charge in [-0.15, -0.1) is 0 Å². The first kappa shape index (κ1) is 17.2. The van der Waals surface area contributed by atoms with Crippen LogP contribution in [0.15, 0.2) is 18.2 Å². The summed E-state index contributed by atoms with van der Waals surface area (Å²) < 4.78 is 0. The van der Waals surface area contributed by atoms with Crippen molar-refractivity contribution in [2.24, 2.45) is 0 Å². The van der Waals surface area contributed by atoms with Crippen LogP contribution < -0.4 is 0 Å². The molecule has 0 aromatic heterocycles. The molecular weight excluding hydrogens is 270 g/mol. The van der Waals surface area contributed by atoms with Gasteiger partial charge in [0.2, 0.25) is 0 Å². The molecule has 0 N–H and O–H groups in total. The second-order valence-electron chi connectivity index (χ2n) is 5.20. The van der Waals surface area contributed by atoms with Gasteiger partial charge in [0.05, 0.1) is 5.54 Å². The molecule has 0 aliphatic rings. The lowest BCUT2D eigenvalue weighted by molar-refractivity contribution is 0.0535. The molecule has 0 unspecified atom stereocenters. The van der Waals surface area contributed by atoms with Gasteiger partial charge in [0.25, 0.3) is 0 Å². The summed E-state index contributed by atoms with van der Waals surface area (Å²) in [5.41, 5.74) is 1.31. The van der Waals surface area contributed by atoms with Gasteiger partial charge in [0.1, 0.15) is 0 Å². The minimum Gasteiger partial charge on any atom is -0.292 e. The van der Waals surface area contributed by atoms with Crippen molar-refractivity contribution in [3.05, 3.63) is 34.3 Å². The Bertz CT molecular complexity index is 462. The minimum atomic E-state index is -0.415. The highest BCUT2D eigenvalue weighted by Crippen LogP contribution is 2.30. The average molecular weight is 296 g/mol. The van der Waals surface area contributed by atoms with Crippen LogP contribution >= 0.6 is 11.6 Å². The third kappa shape index (κ3) is 3.07. The molecule has 0 bridgehead atoms. The number of carbonyl (C=O) groups excluding carboxylic acids is 1. The van der Waals surface area contributed by atoms with E-state index in [-0.39, 0.29) is 5.78 Å². The second kappa shape index (κ2) is 7.24. The lowest BCUT2D eigenvalue weighted by Gasteiger charge is -2.41. The van der Waals surface area contributed by atoms with Gasteiger partial charge in [0, 0.05) is 10.6 Å². The summed E-state index contributed by atoms with van der Waals surface area (Å²) in [5.74, 6) is 0.188. The van der Waals surface area contributed by atoms with Gasteiger partial charge in [-0.1, -0.05) is 51.4 Å². The number of aryl methyl sites for hydroxylation is 1. The molecule has 0 heterocycles. The highest BCUT2D eigenvalue weighted by Gasteiger charge is 2.39. The minimum absolute atomic E-state index is 0.188. The summed E-state index contributed by atoms with van der Waals surface area (Å²) >= 11 is 6.18. The van der Waals surface area contributed by atoms with Gasteiger partial charge >= 0.3 is 0 Å². The third-order valence-corrected chi connectivity index (χ3v) is 4.80. The highest BCUT2D eigenvalue weighted by atomic mass is 35.5. The molecule has 0 saturated carbocycles. The Balaban J connectivity index is 3.26. The van der Waals surface area contributed by atoms with Crippen LogP contribution in [0.3, 0.4) is 0 Å². The van der Waals surface area contributed by atoms with Crippen molar-refractivity contribution in [2.75, 3.05) is 13.1 Å². The molecule has 0 atom stereocenters. The van der Waals surface area contributed by atoms with Crippen LogP contribution in [0.25, 0.3) is 0 Å². The van der Waals surface area contributed by atoms with Crippen LogP contribution in [-0.4, -0.2) is 29.3 Å². The number of likely N-dealkylation sites (N-methyl/N-ethyl adjacent to an activating group) is 1. The van der Waals surface area contributed by atoms with Crippen LogP contribution in [0, 0.1) is 6.92 Å². The lowest BCUT2D eigenvalue weighted by atomic mass is 9.82. The van der Waals surface area contributed by atoms with Gasteiger partial charge < -0.3 is 0 Å². The third-order valence-electron chi connectivity index (χ3n) is 4.40. The van der Waals surface area contributed by atoms with E-state index in [0.29, 0.717) is 5.02 Å². The van der Waals surface area contributed by atoms with Gasteiger partial charge in [-0.3, -0.25) is 9.69 Å². The standard InChI is InChI=1S/C17H26ClNO/c1-6-17(7-2,19(8-3)9-4)16(20)14-11-10-13(5)15(18)12-14/h10-12H,6-9H2,1-5H3. The molecule has 0 spiro atoms. The zero-order valence-corrected chi connectivity index (χ0v) is 14.0. The van der Waals surface area contributed by atoms with E-state index < -0.39 is 5.54 Å². The van der Waals surface area contributed by atoms with Gasteiger partial charge in [-0.05, 0) is 44.5 Å². The van der Waals surface area contributed by atoms with E-state index in [0.717, 1.165) is 37.1 Å². The van der Waals surface area contributed by atoms with E-state index in [1.807, 2.05) is 25.1 Å². The second-order valence-corrected chi connectivity index (χ2v) is 5.61. The SMILES string of the molecule is CCN(CC)C(CC)(CC)C(=O)c1ccc(C)c(Cl)c1. The Hall–Kier alpha value is -0.860. The number of nitrogens with zero attached hydrogens (tertiary/aromatic N) is 1. The summed E-state index contributed by atoms with van der Waals surface area (Å²) in [6.45, 7) is 12.1. The van der Waals surface area contributed by atoms with E-state index in [2.05, 4.69) is 32.6 Å². The maximum Gasteiger partial charge on any atom is 0.183 e. The number of Topliss-reactive ketones (excluding diaryl/α,β-unsaturated/α-hetero) is 1. The fourth-order valence-corrected chi connectivity index (χ4v) is 3.17. The fourth-order valence-electron chi connectivity index (χ4n) is 2.99. The van der Waals surface area contributed by atoms with Gasteiger partial charge in [0.15, 0.2) is 5.78 Å². The van der Waals surface area contributed by atoms with E-state index in [4.69, 9.17) is 11.6 Å². The zero-order chi connectivity index (χ0) is 15.3. The first-order chi connectivity index (χ1) is 9.46. The van der Waals surface area contributed by atoms with Crippen LogP contribution in [0.4, 0.5) is 0 Å². The number of ketones is 1. The van der Waals surface area contributed by atoms with Gasteiger partial charge in [-0.2, -0.15) is 0 Å². The van der Waals surface area contributed by atoms with Crippen LogP contribution in [0.1, 0.15) is 56.5 Å². The summed E-state index contributed by atoms with van der Waals surface area (Å²) in [7, 11) is 0. The van der Waals surface area contributed by atoms with Crippen LogP contribution in [0.2, 0.25) is 5.02 Å². The van der Waals surface area contributed by atoms with Crippen molar-refractivity contribution in [2.45, 2.75) is 53.0 Å². The van der Waals surface area contributed by atoms with E-state index in [9.17, 15) is 4.79 Å². The lowest BCUT2D eigenvalue weighted by Crippen LogP contribution is -2.53. The summed E-state index contributed by atoms with van der Waals surface area (Å²) in [5, 5.41) is 0.663. The molecule has 0 aliphatic carbocycles. The van der Waals surface area contributed by atoms with Crippen molar-refractivity contribution in [1.82, 2.24) is 4.90 Å². The van der Waals surface area contributed by atoms with Gasteiger partial charge in [-0.25, -0.2) is 0 Å². The molecule has 3 heteroatoms. The summed E-state index contributed by atoms with van der Waals surface area (Å²) in [6.07, 6.45) is 1.63.